The van der Waals surface area contributed by atoms with Crippen LogP contribution in [-0.2, 0) is 0 Å². The minimum Gasteiger partial charge on any atom is -0.0949 e. The van der Waals surface area contributed by atoms with Crippen LogP contribution in [0.2, 0.25) is 0 Å². The summed E-state index contributed by atoms with van der Waals surface area (Å²) >= 11 is 0. The summed E-state index contributed by atoms with van der Waals surface area (Å²) in [6.07, 6.45) is 1.22. The second-order valence-corrected chi connectivity index (χ2v) is 4.02. The molecule has 3 rings (SSSR count). The maximum atomic E-state index is 4.12. The largest absolute Gasteiger partial charge is 0.0949 e. The summed E-state index contributed by atoms with van der Waals surface area (Å²) in [5, 5.41) is 0. The Morgan fingerprint density at radius 2 is 1.38 bits per heavy atom. The highest BCUT2D eigenvalue weighted by molar-refractivity contribution is 5.59. The van der Waals surface area contributed by atoms with Crippen LogP contribution in [0.5, 0.6) is 0 Å². The molecule has 0 spiro atoms. The monoisotopic (exact) mass is 168 g/mol. The van der Waals surface area contributed by atoms with Crippen LogP contribution in [0.1, 0.15) is 29.4 Å². The second-order valence-electron chi connectivity index (χ2n) is 4.02. The number of benzene rings is 1. The normalized spacial score (nSPS) is 29.5. The van der Waals surface area contributed by atoms with E-state index in [1.54, 1.807) is 0 Å². The van der Waals surface area contributed by atoms with Gasteiger partial charge in [-0.1, -0.05) is 37.4 Å². The van der Waals surface area contributed by atoms with Crippen molar-refractivity contribution >= 4 is 0 Å². The molecular weight excluding hydrogens is 156 g/mol. The van der Waals surface area contributed by atoms with Crippen molar-refractivity contribution in [2.45, 2.75) is 18.3 Å². The molecule has 2 aliphatic rings. The number of hydrogen-bond donors (Lipinski definition) is 0. The molecule has 2 atom stereocenters. The Hall–Kier alpha value is -1.30. The van der Waals surface area contributed by atoms with Gasteiger partial charge in [0.1, 0.15) is 0 Å². The summed E-state index contributed by atoms with van der Waals surface area (Å²) in [5.41, 5.74) is 5.52. The summed E-state index contributed by atoms with van der Waals surface area (Å²) in [6, 6.07) is 8.71. The number of fused-ring (bicyclic) bond motifs is 5. The Balaban J connectivity index is 2.27. The first-order valence-corrected chi connectivity index (χ1v) is 4.76. The fraction of sp³-hybridized carbons (Fsp3) is 0.231. The molecule has 0 aromatic heterocycles. The molecule has 0 amide bonds. The molecule has 0 unspecified atom stereocenters. The molecule has 0 N–H and O–H groups in total. The van der Waals surface area contributed by atoms with Crippen LogP contribution in [0.25, 0.3) is 0 Å². The third-order valence-electron chi connectivity index (χ3n) is 3.47. The van der Waals surface area contributed by atoms with Crippen molar-refractivity contribution < 1.29 is 0 Å². The number of allylic oxidation sites excluding steroid dienone is 2. The zero-order valence-electron chi connectivity index (χ0n) is 7.59. The van der Waals surface area contributed by atoms with Gasteiger partial charge in [0, 0.05) is 11.8 Å². The average molecular weight is 168 g/mol. The SMILES string of the molecule is C=C1C(=C)[C@@H]2C[C@H]1c1ccccc12. The molecule has 1 fully saturated rings. The van der Waals surface area contributed by atoms with Gasteiger partial charge in [-0.05, 0) is 28.7 Å². The molecule has 0 aliphatic heterocycles. The maximum Gasteiger partial charge on any atom is 0.00981 e. The Labute approximate surface area is 78.6 Å². The van der Waals surface area contributed by atoms with Crippen molar-refractivity contribution in [3.05, 3.63) is 59.7 Å². The first-order chi connectivity index (χ1) is 6.29. The predicted octanol–water partition coefficient (Wildman–Crippen LogP) is 3.38. The van der Waals surface area contributed by atoms with Gasteiger partial charge < -0.3 is 0 Å². The highest BCUT2D eigenvalue weighted by atomic mass is 14.4. The van der Waals surface area contributed by atoms with Crippen molar-refractivity contribution in [3.63, 3.8) is 0 Å². The zero-order valence-corrected chi connectivity index (χ0v) is 7.59. The minimum atomic E-state index is 0.577. The molecular formula is C13H12. The van der Waals surface area contributed by atoms with Crippen molar-refractivity contribution in [2.75, 3.05) is 0 Å². The van der Waals surface area contributed by atoms with E-state index in [-0.39, 0.29) is 0 Å². The van der Waals surface area contributed by atoms with Gasteiger partial charge in [0.2, 0.25) is 0 Å². The molecule has 0 heterocycles. The van der Waals surface area contributed by atoms with E-state index in [0.29, 0.717) is 11.8 Å². The Morgan fingerprint density at radius 3 is 1.85 bits per heavy atom. The van der Waals surface area contributed by atoms with E-state index in [0.717, 1.165) is 0 Å². The Morgan fingerprint density at radius 1 is 0.923 bits per heavy atom. The van der Waals surface area contributed by atoms with Crippen LogP contribution < -0.4 is 0 Å². The number of hydrogen-bond acceptors (Lipinski definition) is 0. The summed E-state index contributed by atoms with van der Waals surface area (Å²) in [4.78, 5) is 0. The molecule has 1 saturated carbocycles. The molecule has 1 aromatic rings. The fourth-order valence-electron chi connectivity index (χ4n) is 2.74. The van der Waals surface area contributed by atoms with E-state index < -0.39 is 0 Å². The van der Waals surface area contributed by atoms with E-state index >= 15 is 0 Å². The molecule has 13 heavy (non-hydrogen) atoms. The zero-order chi connectivity index (χ0) is 9.00. The number of rotatable bonds is 0. The molecule has 64 valence electrons. The summed E-state index contributed by atoms with van der Waals surface area (Å²) in [6.45, 7) is 8.23. The fourth-order valence-corrected chi connectivity index (χ4v) is 2.74. The average Bonchev–Trinajstić information content (AvgIpc) is 2.66. The third-order valence-corrected chi connectivity index (χ3v) is 3.47. The van der Waals surface area contributed by atoms with Gasteiger partial charge in [0.15, 0.2) is 0 Å². The molecule has 0 radical (unpaired) electrons. The van der Waals surface area contributed by atoms with E-state index in [1.807, 2.05) is 0 Å². The van der Waals surface area contributed by atoms with Gasteiger partial charge in [0.25, 0.3) is 0 Å². The third kappa shape index (κ3) is 0.713. The lowest BCUT2D eigenvalue weighted by molar-refractivity contribution is 0.809. The Kier molecular flexibility index (Phi) is 1.17. The Bertz CT molecular complexity index is 373. The van der Waals surface area contributed by atoms with Crippen LogP contribution in [0.4, 0.5) is 0 Å². The van der Waals surface area contributed by atoms with E-state index in [4.69, 9.17) is 0 Å². The standard InChI is InChI=1S/C13H12/c1-8-9(2)13-7-12(8)10-5-3-4-6-11(10)13/h3-6,12-13H,1-2,7H2/t12-,13+. The van der Waals surface area contributed by atoms with Crippen molar-refractivity contribution in [2.24, 2.45) is 0 Å². The first kappa shape index (κ1) is 7.14. The molecule has 0 saturated heterocycles. The predicted molar refractivity (Wildman–Crippen MR) is 54.8 cm³/mol. The van der Waals surface area contributed by atoms with Crippen molar-refractivity contribution in [3.8, 4) is 0 Å². The molecule has 2 aliphatic carbocycles. The highest BCUT2D eigenvalue weighted by Gasteiger charge is 2.41. The maximum absolute atomic E-state index is 4.12. The lowest BCUT2D eigenvalue weighted by atomic mass is 9.86. The van der Waals surface area contributed by atoms with Gasteiger partial charge >= 0.3 is 0 Å². The molecule has 0 heteroatoms. The first-order valence-electron chi connectivity index (χ1n) is 4.76. The smallest absolute Gasteiger partial charge is 0.00981 e. The van der Waals surface area contributed by atoms with E-state index in [1.165, 1.54) is 28.7 Å². The lowest BCUT2D eigenvalue weighted by Crippen LogP contribution is -2.01. The van der Waals surface area contributed by atoms with Crippen LogP contribution in [-0.4, -0.2) is 0 Å². The van der Waals surface area contributed by atoms with Gasteiger partial charge in [-0.25, -0.2) is 0 Å². The van der Waals surface area contributed by atoms with Gasteiger partial charge in [-0.15, -0.1) is 0 Å². The van der Waals surface area contributed by atoms with Gasteiger partial charge in [-0.3, -0.25) is 0 Å². The van der Waals surface area contributed by atoms with Crippen LogP contribution >= 0.6 is 0 Å². The van der Waals surface area contributed by atoms with Crippen LogP contribution in [0.15, 0.2) is 48.6 Å². The molecule has 0 nitrogen and oxygen atoms in total. The summed E-state index contributed by atoms with van der Waals surface area (Å²) in [7, 11) is 0. The van der Waals surface area contributed by atoms with Gasteiger partial charge in [-0.2, -0.15) is 0 Å². The minimum absolute atomic E-state index is 0.577. The second kappa shape index (κ2) is 2.14. The quantitative estimate of drug-likeness (QED) is 0.557. The van der Waals surface area contributed by atoms with E-state index in [2.05, 4.69) is 37.4 Å². The van der Waals surface area contributed by atoms with Gasteiger partial charge in [0.05, 0.1) is 0 Å². The molecule has 2 bridgehead atoms. The topological polar surface area (TPSA) is 0 Å². The van der Waals surface area contributed by atoms with Crippen LogP contribution in [0, 0.1) is 0 Å². The van der Waals surface area contributed by atoms with E-state index in [9.17, 15) is 0 Å². The highest BCUT2D eigenvalue weighted by Crippen LogP contribution is 2.57. The summed E-state index contributed by atoms with van der Waals surface area (Å²) in [5.74, 6) is 1.15. The summed E-state index contributed by atoms with van der Waals surface area (Å²) < 4.78 is 0. The van der Waals surface area contributed by atoms with Crippen molar-refractivity contribution in [1.29, 1.82) is 0 Å². The van der Waals surface area contributed by atoms with Crippen molar-refractivity contribution in [1.82, 2.24) is 0 Å². The lowest BCUT2D eigenvalue weighted by Gasteiger charge is -2.18. The molecule has 1 aromatic carbocycles. The van der Waals surface area contributed by atoms with Crippen LogP contribution in [0.3, 0.4) is 0 Å².